The second-order valence-electron chi connectivity index (χ2n) is 7.77. The van der Waals surface area contributed by atoms with Crippen LogP contribution in [0.25, 0.3) is 0 Å². The van der Waals surface area contributed by atoms with Crippen LogP contribution in [0.4, 0.5) is 11.4 Å². The number of nitro groups is 1. The predicted octanol–water partition coefficient (Wildman–Crippen LogP) is 4.12. The van der Waals surface area contributed by atoms with Gasteiger partial charge in [0.1, 0.15) is 6.04 Å². The first-order chi connectivity index (χ1) is 16.9. The minimum Gasteiger partial charge on any atom is -0.464 e. The van der Waals surface area contributed by atoms with E-state index in [9.17, 15) is 24.5 Å². The Hall–Kier alpha value is -4.66. The number of nitro benzene ring substituents is 1. The summed E-state index contributed by atoms with van der Waals surface area (Å²) in [6, 6.07) is 18.4. The van der Waals surface area contributed by atoms with Gasteiger partial charge in [0.2, 0.25) is 0 Å². The van der Waals surface area contributed by atoms with Crippen molar-refractivity contribution in [2.24, 2.45) is 4.99 Å². The van der Waals surface area contributed by atoms with Gasteiger partial charge in [-0.05, 0) is 54.4 Å². The Morgan fingerprint density at radius 3 is 2.14 bits per heavy atom. The van der Waals surface area contributed by atoms with Crippen LogP contribution in [0, 0.1) is 10.1 Å². The average Bonchev–Trinajstić information content (AvgIpc) is 3.12. The van der Waals surface area contributed by atoms with Gasteiger partial charge in [-0.2, -0.15) is 0 Å². The molecule has 0 saturated carbocycles. The number of esters is 1. The highest BCUT2D eigenvalue weighted by Gasteiger charge is 2.43. The lowest BCUT2D eigenvalue weighted by Gasteiger charge is -2.24. The largest absolute Gasteiger partial charge is 0.464 e. The third-order valence-corrected chi connectivity index (χ3v) is 5.53. The summed E-state index contributed by atoms with van der Waals surface area (Å²) in [4.78, 5) is 54.2. The topological polar surface area (TPSA) is 119 Å². The summed E-state index contributed by atoms with van der Waals surface area (Å²) in [5.74, 6) is -1.69. The molecule has 176 valence electrons. The minimum atomic E-state index is -1.10. The summed E-state index contributed by atoms with van der Waals surface area (Å²) < 4.78 is 5.17. The minimum absolute atomic E-state index is 0.000665. The molecular formula is C26H21N3O6. The average molecular weight is 471 g/mol. The molecule has 1 heterocycles. The van der Waals surface area contributed by atoms with E-state index >= 15 is 0 Å². The first kappa shape index (κ1) is 23.5. The zero-order valence-corrected chi connectivity index (χ0v) is 18.8. The standard InChI is InChI=1S/C26H21N3O6/c1-2-35-26(32)23(28-24(30)21-5-3-4-6-22(21)25(28)31)15-17-7-11-19(12-8-17)27-16-18-9-13-20(14-10-18)29(33)34/h3-14,16,23H,2,15H2,1H3/t23-/m1/s1. The van der Waals surface area contributed by atoms with E-state index in [0.717, 1.165) is 4.90 Å². The van der Waals surface area contributed by atoms with Crippen LogP contribution in [0.3, 0.4) is 0 Å². The van der Waals surface area contributed by atoms with E-state index < -0.39 is 28.7 Å². The number of benzene rings is 3. The first-order valence-electron chi connectivity index (χ1n) is 10.9. The van der Waals surface area contributed by atoms with Crippen molar-refractivity contribution >= 4 is 35.4 Å². The van der Waals surface area contributed by atoms with Crippen LogP contribution < -0.4 is 0 Å². The summed E-state index contributed by atoms with van der Waals surface area (Å²) in [5, 5.41) is 10.8. The fraction of sp³-hybridized carbons (Fsp3) is 0.154. The molecule has 0 fully saturated rings. The van der Waals surface area contributed by atoms with Gasteiger partial charge in [-0.3, -0.25) is 29.6 Å². The fourth-order valence-corrected chi connectivity index (χ4v) is 3.78. The number of fused-ring (bicyclic) bond motifs is 1. The van der Waals surface area contributed by atoms with Crippen LogP contribution >= 0.6 is 0 Å². The number of non-ortho nitro benzene ring substituents is 1. The molecule has 3 aromatic carbocycles. The van der Waals surface area contributed by atoms with Crippen LogP contribution in [-0.4, -0.2) is 46.5 Å². The molecule has 0 radical (unpaired) electrons. The van der Waals surface area contributed by atoms with Crippen molar-refractivity contribution in [1.82, 2.24) is 4.90 Å². The van der Waals surface area contributed by atoms with Gasteiger partial charge in [0.05, 0.1) is 28.3 Å². The SMILES string of the molecule is CCOC(=O)[C@@H](Cc1ccc(N=Cc2ccc([N+](=O)[O-])cc2)cc1)N1C(=O)c2ccccc2C1=O. The summed E-state index contributed by atoms with van der Waals surface area (Å²) >= 11 is 0. The number of carbonyl (C=O) groups excluding carboxylic acids is 3. The van der Waals surface area contributed by atoms with Gasteiger partial charge in [-0.25, -0.2) is 4.79 Å². The molecule has 0 N–H and O–H groups in total. The van der Waals surface area contributed by atoms with Crippen molar-refractivity contribution in [2.45, 2.75) is 19.4 Å². The van der Waals surface area contributed by atoms with Gasteiger partial charge in [0.25, 0.3) is 17.5 Å². The quantitative estimate of drug-likeness (QED) is 0.160. The van der Waals surface area contributed by atoms with Gasteiger partial charge in [0, 0.05) is 24.8 Å². The normalized spacial score (nSPS) is 13.7. The zero-order chi connectivity index (χ0) is 24.9. The number of carbonyl (C=O) groups is 3. The Morgan fingerprint density at radius 1 is 1.00 bits per heavy atom. The Morgan fingerprint density at radius 2 is 1.60 bits per heavy atom. The second-order valence-corrected chi connectivity index (χ2v) is 7.77. The maximum absolute atomic E-state index is 12.9. The molecule has 4 rings (SSSR count). The monoisotopic (exact) mass is 471 g/mol. The molecule has 3 aromatic rings. The molecule has 0 aromatic heterocycles. The molecular weight excluding hydrogens is 450 g/mol. The van der Waals surface area contributed by atoms with Crippen molar-refractivity contribution in [2.75, 3.05) is 6.61 Å². The van der Waals surface area contributed by atoms with Crippen molar-refractivity contribution in [3.63, 3.8) is 0 Å². The lowest BCUT2D eigenvalue weighted by molar-refractivity contribution is -0.384. The predicted molar refractivity (Wildman–Crippen MR) is 128 cm³/mol. The van der Waals surface area contributed by atoms with Crippen molar-refractivity contribution in [1.29, 1.82) is 0 Å². The third-order valence-electron chi connectivity index (χ3n) is 5.53. The fourth-order valence-electron chi connectivity index (χ4n) is 3.78. The summed E-state index contributed by atoms with van der Waals surface area (Å²) in [7, 11) is 0. The molecule has 1 atom stereocenters. The van der Waals surface area contributed by atoms with Crippen molar-refractivity contribution in [3.05, 3.63) is 105 Å². The molecule has 1 aliphatic heterocycles. The van der Waals surface area contributed by atoms with Crippen LogP contribution in [-0.2, 0) is 16.0 Å². The molecule has 0 unspecified atom stereocenters. The molecule has 0 spiro atoms. The molecule has 0 bridgehead atoms. The van der Waals surface area contributed by atoms with Gasteiger partial charge in [-0.1, -0.05) is 24.3 Å². The van der Waals surface area contributed by atoms with Crippen LogP contribution in [0.1, 0.15) is 38.8 Å². The van der Waals surface area contributed by atoms with E-state index in [2.05, 4.69) is 4.99 Å². The van der Waals surface area contributed by atoms with E-state index in [0.29, 0.717) is 16.8 Å². The molecule has 1 aliphatic rings. The Labute approximate surface area is 200 Å². The number of aliphatic imine (C=N–C) groups is 1. The zero-order valence-electron chi connectivity index (χ0n) is 18.8. The molecule has 9 heteroatoms. The van der Waals surface area contributed by atoms with Crippen LogP contribution in [0.5, 0.6) is 0 Å². The third kappa shape index (κ3) is 4.98. The number of amides is 2. The van der Waals surface area contributed by atoms with Gasteiger partial charge in [-0.15, -0.1) is 0 Å². The molecule has 2 amide bonds. The number of rotatable bonds is 8. The number of nitrogens with zero attached hydrogens (tertiary/aromatic N) is 3. The van der Waals surface area contributed by atoms with Gasteiger partial charge >= 0.3 is 5.97 Å². The number of imide groups is 1. The van der Waals surface area contributed by atoms with Gasteiger partial charge < -0.3 is 4.74 Å². The van der Waals surface area contributed by atoms with Gasteiger partial charge in [0.15, 0.2) is 0 Å². The molecule has 35 heavy (non-hydrogen) atoms. The van der Waals surface area contributed by atoms with Crippen LogP contribution in [0.2, 0.25) is 0 Å². The highest BCUT2D eigenvalue weighted by molar-refractivity contribution is 6.22. The maximum atomic E-state index is 12.9. The molecule has 0 saturated heterocycles. The van der Waals surface area contributed by atoms with Crippen molar-refractivity contribution < 1.29 is 24.0 Å². The van der Waals surface area contributed by atoms with E-state index in [1.807, 2.05) is 0 Å². The van der Waals surface area contributed by atoms with Crippen molar-refractivity contribution in [3.8, 4) is 0 Å². The number of hydrogen-bond donors (Lipinski definition) is 0. The highest BCUT2D eigenvalue weighted by Crippen LogP contribution is 2.27. The van der Waals surface area contributed by atoms with E-state index in [-0.39, 0.29) is 29.8 Å². The molecule has 9 nitrogen and oxygen atoms in total. The van der Waals surface area contributed by atoms with E-state index in [4.69, 9.17) is 4.74 Å². The van der Waals surface area contributed by atoms with Crippen LogP contribution in [0.15, 0.2) is 77.8 Å². The second kappa shape index (κ2) is 10.1. The Kier molecular flexibility index (Phi) is 6.77. The maximum Gasteiger partial charge on any atom is 0.329 e. The smallest absolute Gasteiger partial charge is 0.329 e. The summed E-state index contributed by atoms with van der Waals surface area (Å²) in [5.41, 5.74) is 2.58. The van der Waals surface area contributed by atoms with E-state index in [1.165, 1.54) is 12.1 Å². The number of hydrogen-bond acceptors (Lipinski definition) is 7. The highest BCUT2D eigenvalue weighted by atomic mass is 16.6. The summed E-state index contributed by atoms with van der Waals surface area (Å²) in [6.07, 6.45) is 1.68. The lowest BCUT2D eigenvalue weighted by atomic mass is 10.0. The number of ether oxygens (including phenoxy) is 1. The van der Waals surface area contributed by atoms with E-state index in [1.54, 1.807) is 73.8 Å². The molecule has 0 aliphatic carbocycles. The first-order valence-corrected chi connectivity index (χ1v) is 10.9. The Balaban J connectivity index is 1.51. The Bertz CT molecular complexity index is 1280. The lowest BCUT2D eigenvalue weighted by Crippen LogP contribution is -2.47. The summed E-state index contributed by atoms with van der Waals surface area (Å²) in [6.45, 7) is 1.78.